The van der Waals surface area contributed by atoms with Gasteiger partial charge in [0.2, 0.25) is 0 Å². The minimum atomic E-state index is 0.730. The van der Waals surface area contributed by atoms with Gasteiger partial charge in [0.1, 0.15) is 5.82 Å². The number of nitrogens with one attached hydrogen (secondary N) is 1. The van der Waals surface area contributed by atoms with Crippen LogP contribution in [0.5, 0.6) is 0 Å². The lowest BCUT2D eigenvalue weighted by Gasteiger charge is -2.09. The first-order valence-corrected chi connectivity index (χ1v) is 7.69. The van der Waals surface area contributed by atoms with Crippen LogP contribution >= 0.6 is 11.8 Å². The fourth-order valence-electron chi connectivity index (χ4n) is 2.12. The molecule has 0 saturated carbocycles. The molecule has 0 spiro atoms. The first-order chi connectivity index (χ1) is 10.2. The Morgan fingerprint density at radius 2 is 2.00 bits per heavy atom. The van der Waals surface area contributed by atoms with Crippen LogP contribution in [-0.2, 0) is 0 Å². The summed E-state index contributed by atoms with van der Waals surface area (Å²) in [6, 6.07) is 9.62. The first-order valence-electron chi connectivity index (χ1n) is 6.46. The van der Waals surface area contributed by atoms with Crippen LogP contribution in [0.3, 0.4) is 0 Å². The van der Waals surface area contributed by atoms with Gasteiger partial charge in [-0.15, -0.1) is 0 Å². The second-order valence-electron chi connectivity index (χ2n) is 4.64. The number of fused-ring (bicyclic) bond motifs is 1. The predicted octanol–water partition coefficient (Wildman–Crippen LogP) is 3.38. The smallest absolute Gasteiger partial charge is 0.189 e. The van der Waals surface area contributed by atoms with Gasteiger partial charge in [-0.25, -0.2) is 9.97 Å². The van der Waals surface area contributed by atoms with Gasteiger partial charge >= 0.3 is 0 Å². The van der Waals surface area contributed by atoms with Crippen LogP contribution in [-0.4, -0.2) is 21.2 Å². The summed E-state index contributed by atoms with van der Waals surface area (Å²) in [6.45, 7) is 1.94. The molecule has 21 heavy (non-hydrogen) atoms. The summed E-state index contributed by atoms with van der Waals surface area (Å²) >= 11 is 1.51. The van der Waals surface area contributed by atoms with Gasteiger partial charge in [0.15, 0.2) is 5.16 Å². The standard InChI is InChI=1S/C15H15N5S/c1-9-7-12(16)11-8-10(3-4-13(11)18-9)19-14-5-6-17-15(20-14)21-2/h3-8H,1-2H3,(H2,16,18)(H,17,19,20). The Kier molecular flexibility index (Phi) is 3.62. The van der Waals surface area contributed by atoms with Crippen LogP contribution in [0.15, 0.2) is 41.7 Å². The second-order valence-corrected chi connectivity index (χ2v) is 5.41. The van der Waals surface area contributed by atoms with Crippen molar-refractivity contribution in [1.82, 2.24) is 15.0 Å². The zero-order valence-electron chi connectivity index (χ0n) is 11.8. The lowest BCUT2D eigenvalue weighted by Crippen LogP contribution is -1.97. The Hall–Kier alpha value is -2.34. The zero-order chi connectivity index (χ0) is 14.8. The van der Waals surface area contributed by atoms with Gasteiger partial charge in [-0.3, -0.25) is 4.98 Å². The van der Waals surface area contributed by atoms with Gasteiger partial charge in [0, 0.05) is 28.7 Å². The van der Waals surface area contributed by atoms with Gasteiger partial charge in [-0.05, 0) is 43.5 Å². The van der Waals surface area contributed by atoms with E-state index in [9.17, 15) is 0 Å². The number of anilines is 3. The molecule has 0 radical (unpaired) electrons. The maximum atomic E-state index is 6.07. The molecule has 1 aromatic carbocycles. The van der Waals surface area contributed by atoms with E-state index in [0.717, 1.165) is 38.9 Å². The van der Waals surface area contributed by atoms with Crippen LogP contribution < -0.4 is 11.1 Å². The number of nitrogens with two attached hydrogens (primary N) is 1. The maximum absolute atomic E-state index is 6.07. The molecule has 6 heteroatoms. The molecule has 0 aliphatic rings. The monoisotopic (exact) mass is 297 g/mol. The third-order valence-corrected chi connectivity index (χ3v) is 3.62. The van der Waals surface area contributed by atoms with Crippen molar-refractivity contribution in [3.05, 3.63) is 42.2 Å². The van der Waals surface area contributed by atoms with E-state index in [1.807, 2.05) is 43.5 Å². The summed E-state index contributed by atoms with van der Waals surface area (Å²) in [5, 5.41) is 4.93. The molecule has 0 amide bonds. The molecule has 106 valence electrons. The van der Waals surface area contributed by atoms with Crippen molar-refractivity contribution in [3.8, 4) is 0 Å². The molecular weight excluding hydrogens is 282 g/mol. The summed E-state index contributed by atoms with van der Waals surface area (Å²) in [7, 11) is 0. The Labute approximate surface area is 127 Å². The van der Waals surface area contributed by atoms with Crippen molar-refractivity contribution in [2.75, 3.05) is 17.3 Å². The number of hydrogen-bond donors (Lipinski definition) is 2. The Morgan fingerprint density at radius 1 is 1.14 bits per heavy atom. The summed E-state index contributed by atoms with van der Waals surface area (Å²) < 4.78 is 0. The second kappa shape index (κ2) is 5.57. The fraction of sp³-hybridized carbons (Fsp3) is 0.133. The highest BCUT2D eigenvalue weighted by molar-refractivity contribution is 7.98. The van der Waals surface area contributed by atoms with E-state index in [1.165, 1.54) is 11.8 Å². The number of thioether (sulfide) groups is 1. The molecule has 0 bridgehead atoms. The van der Waals surface area contributed by atoms with Gasteiger partial charge < -0.3 is 11.1 Å². The van der Waals surface area contributed by atoms with Gasteiger partial charge in [-0.1, -0.05) is 11.8 Å². The highest BCUT2D eigenvalue weighted by Crippen LogP contribution is 2.25. The number of rotatable bonds is 3. The normalized spacial score (nSPS) is 10.8. The molecule has 3 aromatic rings. The van der Waals surface area contributed by atoms with E-state index in [4.69, 9.17) is 5.73 Å². The van der Waals surface area contributed by atoms with Crippen LogP contribution in [0.4, 0.5) is 17.2 Å². The molecule has 2 heterocycles. The zero-order valence-corrected chi connectivity index (χ0v) is 12.6. The molecule has 0 unspecified atom stereocenters. The molecule has 2 aromatic heterocycles. The molecule has 3 N–H and O–H groups in total. The molecule has 0 fully saturated rings. The van der Waals surface area contributed by atoms with E-state index in [0.29, 0.717) is 0 Å². The van der Waals surface area contributed by atoms with Gasteiger partial charge in [0.25, 0.3) is 0 Å². The summed E-state index contributed by atoms with van der Waals surface area (Å²) in [6.07, 6.45) is 3.69. The van der Waals surface area contributed by atoms with Crippen LogP contribution in [0.25, 0.3) is 10.9 Å². The number of aryl methyl sites for hydroxylation is 1. The average molecular weight is 297 g/mol. The van der Waals surface area contributed by atoms with E-state index < -0.39 is 0 Å². The molecular formula is C15H15N5S. The van der Waals surface area contributed by atoms with Crippen LogP contribution in [0, 0.1) is 6.92 Å². The predicted molar refractivity (Wildman–Crippen MR) is 88.0 cm³/mol. The fourth-order valence-corrected chi connectivity index (χ4v) is 2.48. The molecule has 0 saturated heterocycles. The lowest BCUT2D eigenvalue weighted by atomic mass is 10.1. The Morgan fingerprint density at radius 3 is 2.81 bits per heavy atom. The van der Waals surface area contributed by atoms with Crippen LogP contribution in [0.1, 0.15) is 5.69 Å². The van der Waals surface area contributed by atoms with Crippen molar-refractivity contribution in [2.45, 2.75) is 12.1 Å². The van der Waals surface area contributed by atoms with E-state index in [1.54, 1.807) is 6.20 Å². The van der Waals surface area contributed by atoms with Gasteiger partial charge in [0.05, 0.1) is 5.52 Å². The topological polar surface area (TPSA) is 76.7 Å². The maximum Gasteiger partial charge on any atom is 0.189 e. The largest absolute Gasteiger partial charge is 0.398 e. The van der Waals surface area contributed by atoms with Crippen molar-refractivity contribution >= 4 is 39.9 Å². The minimum Gasteiger partial charge on any atom is -0.398 e. The summed E-state index contributed by atoms with van der Waals surface area (Å²) in [4.78, 5) is 13.0. The molecule has 3 rings (SSSR count). The van der Waals surface area contributed by atoms with E-state index in [2.05, 4.69) is 20.3 Å². The highest BCUT2D eigenvalue weighted by atomic mass is 32.2. The number of nitrogen functional groups attached to an aromatic ring is 1. The first kappa shape index (κ1) is 13.6. The molecule has 5 nitrogen and oxygen atoms in total. The van der Waals surface area contributed by atoms with E-state index >= 15 is 0 Å². The summed E-state index contributed by atoms with van der Waals surface area (Å²) in [5.41, 5.74) is 9.53. The Bertz CT molecular complexity index is 803. The SMILES string of the molecule is CSc1nccc(Nc2ccc3nc(C)cc(N)c3c2)n1. The average Bonchev–Trinajstić information content (AvgIpc) is 2.48. The quantitative estimate of drug-likeness (QED) is 0.570. The number of pyridine rings is 1. The molecule has 0 aliphatic carbocycles. The molecule has 0 atom stereocenters. The van der Waals surface area contributed by atoms with Gasteiger partial charge in [-0.2, -0.15) is 0 Å². The van der Waals surface area contributed by atoms with Crippen molar-refractivity contribution in [2.24, 2.45) is 0 Å². The minimum absolute atomic E-state index is 0.730. The Balaban J connectivity index is 1.97. The van der Waals surface area contributed by atoms with Crippen molar-refractivity contribution in [3.63, 3.8) is 0 Å². The van der Waals surface area contributed by atoms with Crippen LogP contribution in [0.2, 0.25) is 0 Å². The number of benzene rings is 1. The number of hydrogen-bond acceptors (Lipinski definition) is 6. The lowest BCUT2D eigenvalue weighted by molar-refractivity contribution is 0.976. The number of aromatic nitrogens is 3. The van der Waals surface area contributed by atoms with Crippen molar-refractivity contribution < 1.29 is 0 Å². The summed E-state index contributed by atoms with van der Waals surface area (Å²) in [5.74, 6) is 0.757. The molecule has 0 aliphatic heterocycles. The van der Waals surface area contributed by atoms with Crippen molar-refractivity contribution in [1.29, 1.82) is 0 Å². The third kappa shape index (κ3) is 2.90. The third-order valence-electron chi connectivity index (χ3n) is 3.06. The van der Waals surface area contributed by atoms with E-state index in [-0.39, 0.29) is 0 Å². The number of nitrogens with zero attached hydrogens (tertiary/aromatic N) is 3. The highest BCUT2D eigenvalue weighted by Gasteiger charge is 2.04.